The van der Waals surface area contributed by atoms with Gasteiger partial charge in [0.2, 0.25) is 0 Å². The summed E-state index contributed by atoms with van der Waals surface area (Å²) in [5.74, 6) is 3.13. The zero-order valence-corrected chi connectivity index (χ0v) is 12.3. The molecule has 3 aliphatic rings. The van der Waals surface area contributed by atoms with Crippen LogP contribution < -0.4 is 5.32 Å². The van der Waals surface area contributed by atoms with E-state index in [0.717, 1.165) is 30.7 Å². The van der Waals surface area contributed by atoms with Crippen LogP contribution in [0.3, 0.4) is 0 Å². The standard InChI is InChI=1S/C17H18N4O/c1-2-12-5-8-21-11-18-14(9-16(12)21)17(22)19-15-10-20-6-3-13(15)4-7-20/h1,5,8-9,11,13,15H,3-4,6-7,10H2,(H,19,22)/t15-/m0/s1. The molecule has 2 aromatic heterocycles. The van der Waals surface area contributed by atoms with Crippen molar-refractivity contribution in [2.45, 2.75) is 18.9 Å². The van der Waals surface area contributed by atoms with E-state index in [1.807, 2.05) is 16.7 Å². The first-order valence-corrected chi connectivity index (χ1v) is 7.71. The fourth-order valence-electron chi connectivity index (χ4n) is 3.62. The largest absolute Gasteiger partial charge is 0.346 e. The number of carbonyl (C=O) groups is 1. The average Bonchev–Trinajstić information content (AvgIpc) is 2.98. The van der Waals surface area contributed by atoms with Crippen molar-refractivity contribution < 1.29 is 4.79 Å². The Balaban J connectivity index is 1.56. The summed E-state index contributed by atoms with van der Waals surface area (Å²) in [6.45, 7) is 3.28. The molecule has 3 saturated heterocycles. The van der Waals surface area contributed by atoms with Gasteiger partial charge in [0, 0.05) is 24.3 Å². The van der Waals surface area contributed by atoms with E-state index < -0.39 is 0 Å². The monoisotopic (exact) mass is 294 g/mol. The molecule has 5 heteroatoms. The number of carbonyl (C=O) groups excluding carboxylic acids is 1. The zero-order chi connectivity index (χ0) is 15.1. The van der Waals surface area contributed by atoms with Crippen LogP contribution in [0.25, 0.3) is 5.52 Å². The number of piperidine rings is 3. The quantitative estimate of drug-likeness (QED) is 0.845. The van der Waals surface area contributed by atoms with E-state index in [1.54, 1.807) is 12.4 Å². The molecule has 0 unspecified atom stereocenters. The van der Waals surface area contributed by atoms with Gasteiger partial charge >= 0.3 is 0 Å². The normalized spacial score (nSPS) is 26.8. The molecular formula is C17H18N4O. The highest BCUT2D eigenvalue weighted by molar-refractivity contribution is 5.93. The van der Waals surface area contributed by atoms with Gasteiger partial charge in [-0.3, -0.25) is 4.79 Å². The lowest BCUT2D eigenvalue weighted by Gasteiger charge is -2.44. The molecule has 5 rings (SSSR count). The van der Waals surface area contributed by atoms with E-state index in [0.29, 0.717) is 11.6 Å². The van der Waals surface area contributed by atoms with Crippen molar-refractivity contribution in [3.63, 3.8) is 0 Å². The number of nitrogens with one attached hydrogen (secondary N) is 1. The van der Waals surface area contributed by atoms with Crippen molar-refractivity contribution in [1.82, 2.24) is 19.6 Å². The van der Waals surface area contributed by atoms with Crippen LogP contribution in [-0.4, -0.2) is 45.9 Å². The summed E-state index contributed by atoms with van der Waals surface area (Å²) in [6.07, 6.45) is 11.3. The Hall–Kier alpha value is -2.32. The average molecular weight is 294 g/mol. The number of fused-ring (bicyclic) bond motifs is 4. The molecule has 2 aromatic rings. The van der Waals surface area contributed by atoms with Gasteiger partial charge in [-0.2, -0.15) is 0 Å². The maximum Gasteiger partial charge on any atom is 0.270 e. The Morgan fingerprint density at radius 3 is 2.91 bits per heavy atom. The van der Waals surface area contributed by atoms with Crippen molar-refractivity contribution in [1.29, 1.82) is 0 Å². The smallest absolute Gasteiger partial charge is 0.270 e. The summed E-state index contributed by atoms with van der Waals surface area (Å²) in [5, 5.41) is 3.16. The SMILES string of the molecule is C#Cc1ccn2cnc(C(=O)N[C@H]3CN4CCC3CC4)cc12. The van der Waals surface area contributed by atoms with Crippen LogP contribution in [0.2, 0.25) is 0 Å². The van der Waals surface area contributed by atoms with Gasteiger partial charge in [0.15, 0.2) is 0 Å². The highest BCUT2D eigenvalue weighted by Crippen LogP contribution is 2.27. The Morgan fingerprint density at radius 1 is 1.41 bits per heavy atom. The molecule has 22 heavy (non-hydrogen) atoms. The van der Waals surface area contributed by atoms with Gasteiger partial charge in [-0.25, -0.2) is 4.98 Å². The molecule has 0 aromatic carbocycles. The van der Waals surface area contributed by atoms with Crippen LogP contribution in [0.15, 0.2) is 24.7 Å². The summed E-state index contributed by atoms with van der Waals surface area (Å²) in [6, 6.07) is 3.87. The molecule has 2 bridgehead atoms. The molecule has 1 atom stereocenters. The summed E-state index contributed by atoms with van der Waals surface area (Å²) in [4.78, 5) is 19.2. The van der Waals surface area contributed by atoms with Crippen molar-refractivity contribution >= 4 is 11.4 Å². The van der Waals surface area contributed by atoms with E-state index in [-0.39, 0.29) is 11.9 Å². The predicted molar refractivity (Wildman–Crippen MR) is 83.5 cm³/mol. The first-order chi connectivity index (χ1) is 10.7. The molecular weight excluding hydrogens is 276 g/mol. The first kappa shape index (κ1) is 13.4. The van der Waals surface area contributed by atoms with Gasteiger partial charge in [0.25, 0.3) is 5.91 Å². The number of terminal acetylenes is 1. The zero-order valence-electron chi connectivity index (χ0n) is 12.3. The Kier molecular flexibility index (Phi) is 3.12. The van der Waals surface area contributed by atoms with Crippen molar-refractivity contribution in [3.8, 4) is 12.3 Å². The third-order valence-corrected chi connectivity index (χ3v) is 4.91. The van der Waals surface area contributed by atoms with E-state index in [2.05, 4.69) is 21.1 Å². The number of aromatic nitrogens is 2. The molecule has 0 saturated carbocycles. The van der Waals surface area contributed by atoms with Crippen LogP contribution in [0, 0.1) is 18.3 Å². The van der Waals surface area contributed by atoms with Crippen molar-refractivity contribution in [2.75, 3.05) is 19.6 Å². The number of rotatable bonds is 2. The van der Waals surface area contributed by atoms with Gasteiger partial charge in [-0.05, 0) is 44.0 Å². The van der Waals surface area contributed by atoms with Gasteiger partial charge in [-0.1, -0.05) is 5.92 Å². The number of hydrogen-bond acceptors (Lipinski definition) is 3. The maximum atomic E-state index is 12.5. The Bertz CT molecular complexity index is 765. The second-order valence-electron chi connectivity index (χ2n) is 6.16. The minimum absolute atomic E-state index is 0.106. The Morgan fingerprint density at radius 2 is 2.23 bits per heavy atom. The van der Waals surface area contributed by atoms with Crippen molar-refractivity contribution in [2.24, 2.45) is 5.92 Å². The lowest BCUT2D eigenvalue weighted by molar-refractivity contribution is 0.0617. The molecule has 0 spiro atoms. The van der Waals surface area contributed by atoms with Crippen molar-refractivity contribution in [3.05, 3.63) is 35.9 Å². The molecule has 0 radical (unpaired) electrons. The molecule has 3 fully saturated rings. The number of hydrogen-bond donors (Lipinski definition) is 1. The van der Waals surface area contributed by atoms with Crippen LogP contribution in [0.4, 0.5) is 0 Å². The third-order valence-electron chi connectivity index (χ3n) is 4.91. The molecule has 1 N–H and O–H groups in total. The molecule has 112 valence electrons. The topological polar surface area (TPSA) is 49.6 Å². The van der Waals surface area contributed by atoms with Crippen LogP contribution in [0.1, 0.15) is 28.9 Å². The fourth-order valence-corrected chi connectivity index (χ4v) is 3.62. The van der Waals surface area contributed by atoms with Gasteiger partial charge in [0.05, 0.1) is 5.52 Å². The Labute approximate surface area is 129 Å². The third kappa shape index (κ3) is 2.16. The van der Waals surface area contributed by atoms with E-state index >= 15 is 0 Å². The molecule has 1 amide bonds. The molecule has 5 heterocycles. The number of nitrogens with zero attached hydrogens (tertiary/aromatic N) is 3. The number of amides is 1. The summed E-state index contributed by atoms with van der Waals surface area (Å²) in [5.41, 5.74) is 2.05. The molecule has 5 nitrogen and oxygen atoms in total. The highest BCUT2D eigenvalue weighted by Gasteiger charge is 2.35. The predicted octanol–water partition coefficient (Wildman–Crippen LogP) is 1.14. The second-order valence-corrected chi connectivity index (χ2v) is 6.16. The van der Waals surface area contributed by atoms with Gasteiger partial charge < -0.3 is 14.6 Å². The molecule has 0 aliphatic carbocycles. The van der Waals surface area contributed by atoms with Crippen LogP contribution in [0.5, 0.6) is 0 Å². The minimum atomic E-state index is -0.106. The maximum absolute atomic E-state index is 12.5. The second kappa shape index (κ2) is 5.15. The summed E-state index contributed by atoms with van der Waals surface area (Å²) >= 11 is 0. The van der Waals surface area contributed by atoms with E-state index in [4.69, 9.17) is 6.42 Å². The van der Waals surface area contributed by atoms with Crippen LogP contribution >= 0.6 is 0 Å². The first-order valence-electron chi connectivity index (χ1n) is 7.71. The highest BCUT2D eigenvalue weighted by atomic mass is 16.2. The minimum Gasteiger partial charge on any atom is -0.346 e. The van der Waals surface area contributed by atoms with Gasteiger partial charge in [0.1, 0.15) is 12.0 Å². The fraction of sp³-hybridized carbons (Fsp3) is 0.412. The van der Waals surface area contributed by atoms with Gasteiger partial charge in [-0.15, -0.1) is 6.42 Å². The lowest BCUT2D eigenvalue weighted by Crippen LogP contribution is -2.57. The van der Waals surface area contributed by atoms with Crippen LogP contribution in [-0.2, 0) is 0 Å². The lowest BCUT2D eigenvalue weighted by atomic mass is 9.84. The summed E-state index contributed by atoms with van der Waals surface area (Å²) < 4.78 is 1.83. The van der Waals surface area contributed by atoms with E-state index in [9.17, 15) is 4.79 Å². The van der Waals surface area contributed by atoms with E-state index in [1.165, 1.54) is 12.8 Å². The summed E-state index contributed by atoms with van der Waals surface area (Å²) in [7, 11) is 0. The molecule has 3 aliphatic heterocycles.